The SMILES string of the molecule is CCCCCCCCCCCCCCCCCCCCCCCCCCCCC(=C=[N+]=[N-])C=C(c1cccc(CCCC)c1)c1cccc(CCCCCCCCCCCCCCC)c1.[CH2-]CCCCCCCC.[CH2-]CCCCCCCC.[Pd+2]. The molecule has 0 fully saturated rings. The summed E-state index contributed by atoms with van der Waals surface area (Å²) in [6.45, 7) is 19.0. The molecule has 3 heteroatoms. The van der Waals surface area contributed by atoms with E-state index in [0.29, 0.717) is 0 Å². The van der Waals surface area contributed by atoms with Crippen molar-refractivity contribution in [1.29, 1.82) is 0 Å². The molecule has 0 unspecified atom stereocenters. The Bertz CT molecular complexity index is 1690. The zero-order chi connectivity index (χ0) is 60.3. The van der Waals surface area contributed by atoms with E-state index in [1.54, 1.807) is 0 Å². The molecule has 0 spiro atoms. The van der Waals surface area contributed by atoms with Crippen LogP contribution in [0.15, 0.2) is 60.2 Å². The van der Waals surface area contributed by atoms with Gasteiger partial charge in [0, 0.05) is 0 Å². The van der Waals surface area contributed by atoms with Crippen molar-refractivity contribution in [1.82, 2.24) is 0 Å². The van der Waals surface area contributed by atoms with Gasteiger partial charge in [0.05, 0.1) is 5.57 Å². The maximum atomic E-state index is 9.69. The molecule has 2 aromatic rings. The third-order valence-electron chi connectivity index (χ3n) is 17.4. The third-order valence-corrected chi connectivity index (χ3v) is 17.4. The van der Waals surface area contributed by atoms with Crippen LogP contribution in [0.3, 0.4) is 0 Å². The molecule has 488 valence electrons. The van der Waals surface area contributed by atoms with Crippen molar-refractivity contribution in [2.45, 2.75) is 407 Å². The van der Waals surface area contributed by atoms with Crippen molar-refractivity contribution >= 4 is 11.4 Å². The molecule has 0 aliphatic heterocycles. The van der Waals surface area contributed by atoms with Gasteiger partial charge in [-0.15, -0.1) is 4.79 Å². The van der Waals surface area contributed by atoms with Gasteiger partial charge in [0.2, 0.25) is 0 Å². The Kier molecular flexibility index (Phi) is 71.8. The Morgan fingerprint density at radius 3 is 0.869 bits per heavy atom. The Hall–Kier alpha value is -2.00. The van der Waals surface area contributed by atoms with Gasteiger partial charge in [0.15, 0.2) is 0 Å². The largest absolute Gasteiger partial charge is 2.00 e. The van der Waals surface area contributed by atoms with Crippen LogP contribution in [-0.2, 0) is 33.3 Å². The van der Waals surface area contributed by atoms with Gasteiger partial charge in [-0.3, -0.25) is 0 Å². The molecule has 84 heavy (non-hydrogen) atoms. The van der Waals surface area contributed by atoms with Crippen molar-refractivity contribution in [3.8, 4) is 0 Å². The first-order valence-corrected chi connectivity index (χ1v) is 37.5. The molecule has 0 N–H and O–H groups in total. The van der Waals surface area contributed by atoms with E-state index < -0.39 is 0 Å². The van der Waals surface area contributed by atoms with Crippen LogP contribution in [0.2, 0.25) is 0 Å². The number of benzene rings is 2. The number of aryl methyl sites for hydroxylation is 2. The summed E-state index contributed by atoms with van der Waals surface area (Å²) >= 11 is 0. The molecule has 2 rings (SSSR count). The second-order valence-electron chi connectivity index (χ2n) is 25.6. The fourth-order valence-electron chi connectivity index (χ4n) is 11.8. The predicted molar refractivity (Wildman–Crippen MR) is 377 cm³/mol. The van der Waals surface area contributed by atoms with Gasteiger partial charge in [-0.1, -0.05) is 404 Å². The van der Waals surface area contributed by atoms with Crippen LogP contribution in [0.5, 0.6) is 0 Å². The quantitative estimate of drug-likeness (QED) is 0.0120. The van der Waals surface area contributed by atoms with Crippen molar-refractivity contribution in [2.24, 2.45) is 0 Å². The standard InChI is InChI=1S/C63H106N2.2C9H19.Pd/c1-4-7-10-12-14-16-18-20-21-22-23-24-25-26-27-28-29-30-31-32-34-36-38-40-42-44-49-60(57-65-64)56-63(61-52-45-50-58(54-61)47-9-6-3)62-53-46-51-59(55-62)48-43-41-39-37-35-33-19-17-15-13-11-8-5-2;2*1-3-5-7-9-8-6-4-2;/h45-46,50-56H,4-44,47-49H2,1-3H3;2*1,3-9H2,2H3;/q;2*-1;+2. The molecule has 0 aromatic heterocycles. The number of unbranched alkanes of at least 4 members (excludes halogenated alkanes) is 50. The first kappa shape index (κ1) is 84.1. The fourth-order valence-corrected chi connectivity index (χ4v) is 11.8. The summed E-state index contributed by atoms with van der Waals surface area (Å²) in [6.07, 6.45) is 81.5. The van der Waals surface area contributed by atoms with Gasteiger partial charge in [0.25, 0.3) is 0 Å². The molecule has 2 nitrogen and oxygen atoms in total. The van der Waals surface area contributed by atoms with Gasteiger partial charge < -0.3 is 19.4 Å². The average molecular weight is 1250 g/mol. The van der Waals surface area contributed by atoms with E-state index in [2.05, 4.69) is 114 Å². The fraction of sp³-hybridized carbons (Fsp3) is 0.778. The second-order valence-corrected chi connectivity index (χ2v) is 25.6. The Balaban J connectivity index is 0. The van der Waals surface area contributed by atoms with Crippen LogP contribution < -0.4 is 0 Å². The maximum Gasteiger partial charge on any atom is 2.00 e. The molecule has 0 amide bonds. The van der Waals surface area contributed by atoms with Crippen LogP contribution in [0, 0.1) is 13.8 Å². The molecule has 0 heterocycles. The first-order valence-electron chi connectivity index (χ1n) is 37.5. The van der Waals surface area contributed by atoms with E-state index in [-0.39, 0.29) is 20.4 Å². The molecule has 2 aromatic carbocycles. The molecule has 0 bridgehead atoms. The van der Waals surface area contributed by atoms with Crippen LogP contribution in [-0.4, -0.2) is 10.7 Å². The van der Waals surface area contributed by atoms with E-state index in [1.807, 2.05) is 0 Å². The van der Waals surface area contributed by atoms with E-state index in [4.69, 9.17) is 0 Å². The van der Waals surface area contributed by atoms with Crippen LogP contribution >= 0.6 is 0 Å². The summed E-state index contributed by atoms with van der Waals surface area (Å²) in [7, 11) is 0. The molecular weight excluding hydrogens is 1110 g/mol. The minimum absolute atomic E-state index is 0. The predicted octanol–water partition coefficient (Wildman–Crippen LogP) is 28.6. The first-order chi connectivity index (χ1) is 41.0. The zero-order valence-corrected chi connectivity index (χ0v) is 58.9. The van der Waals surface area contributed by atoms with Crippen molar-refractivity contribution in [3.05, 3.63) is 102 Å². The molecule has 0 aliphatic carbocycles. The van der Waals surface area contributed by atoms with Crippen LogP contribution in [0.4, 0.5) is 0 Å². The molecule has 0 radical (unpaired) electrons. The Morgan fingerprint density at radius 2 is 0.595 bits per heavy atom. The number of allylic oxidation sites excluding steroid dienone is 2. The van der Waals surface area contributed by atoms with Crippen LogP contribution in [0.25, 0.3) is 11.1 Å². The van der Waals surface area contributed by atoms with Crippen LogP contribution in [0.1, 0.15) is 416 Å². The smallest absolute Gasteiger partial charge is 0.348 e. The Labute approximate surface area is 542 Å². The van der Waals surface area contributed by atoms with Crippen molar-refractivity contribution in [3.63, 3.8) is 0 Å². The normalized spacial score (nSPS) is 11.1. The minimum atomic E-state index is 0. The van der Waals surface area contributed by atoms with Gasteiger partial charge in [-0.2, -0.15) is 12.8 Å². The van der Waals surface area contributed by atoms with Crippen molar-refractivity contribution < 1.29 is 25.2 Å². The average Bonchev–Trinajstić information content (AvgIpc) is 3.59. The Morgan fingerprint density at radius 1 is 0.345 bits per heavy atom. The number of rotatable bonds is 59. The summed E-state index contributed by atoms with van der Waals surface area (Å²) in [6, 6.07) is 18.4. The van der Waals surface area contributed by atoms with Crippen molar-refractivity contribution in [2.75, 3.05) is 0 Å². The molecule has 0 saturated heterocycles. The maximum absolute atomic E-state index is 9.69. The summed E-state index contributed by atoms with van der Waals surface area (Å²) in [5.41, 5.74) is 17.2. The van der Waals surface area contributed by atoms with E-state index in [9.17, 15) is 5.53 Å². The number of hydrogen-bond donors (Lipinski definition) is 0. The number of nitrogens with zero attached hydrogens (tertiary/aromatic N) is 2. The number of hydrogen-bond acceptors (Lipinski definition) is 0. The monoisotopic (exact) mass is 1250 g/mol. The zero-order valence-electron chi connectivity index (χ0n) is 57.3. The van der Waals surface area contributed by atoms with Gasteiger partial charge in [-0.25, -0.2) is 0 Å². The molecule has 0 saturated carbocycles. The van der Waals surface area contributed by atoms with Gasteiger partial charge in [-0.05, 0) is 72.4 Å². The molecule has 0 aliphatic rings. The second kappa shape index (κ2) is 71.8. The molecular formula is C81H144N2Pd. The van der Waals surface area contributed by atoms with E-state index >= 15 is 0 Å². The topological polar surface area (TPSA) is 36.4 Å². The molecule has 0 atom stereocenters. The third kappa shape index (κ3) is 59.0. The van der Waals surface area contributed by atoms with Gasteiger partial charge in [0.1, 0.15) is 0 Å². The summed E-state index contributed by atoms with van der Waals surface area (Å²) in [4.78, 5) is 3.43. The van der Waals surface area contributed by atoms with Gasteiger partial charge >= 0.3 is 26.3 Å². The van der Waals surface area contributed by atoms with E-state index in [1.165, 1.54) is 362 Å². The van der Waals surface area contributed by atoms with E-state index in [0.717, 1.165) is 44.1 Å². The summed E-state index contributed by atoms with van der Waals surface area (Å²) < 4.78 is 0. The summed E-state index contributed by atoms with van der Waals surface area (Å²) in [5, 5.41) is 0. The summed E-state index contributed by atoms with van der Waals surface area (Å²) in [5.74, 6) is 2.99. The minimum Gasteiger partial charge on any atom is -0.348 e.